The number of rotatable bonds is 5. The van der Waals surface area contributed by atoms with Crippen molar-refractivity contribution in [2.45, 2.75) is 13.5 Å². The molecule has 2 aromatic heterocycles. The van der Waals surface area contributed by atoms with Gasteiger partial charge >= 0.3 is 5.97 Å². The first-order valence-corrected chi connectivity index (χ1v) is 8.31. The molecule has 0 aliphatic rings. The average Bonchev–Trinajstić information content (AvgIpc) is 3.00. The number of aromatic nitrogens is 4. The molecule has 3 rings (SSSR count). The van der Waals surface area contributed by atoms with Gasteiger partial charge in [0.2, 0.25) is 0 Å². The highest BCUT2D eigenvalue weighted by Crippen LogP contribution is 2.22. The molecule has 9 nitrogen and oxygen atoms in total. The molecule has 0 saturated carbocycles. The average molecular weight is 390 g/mol. The van der Waals surface area contributed by atoms with E-state index in [2.05, 4.69) is 15.4 Å². The molecule has 0 atom stereocenters. The van der Waals surface area contributed by atoms with Crippen molar-refractivity contribution in [3.63, 3.8) is 0 Å². The number of carbonyl (C=O) groups is 2. The van der Waals surface area contributed by atoms with E-state index in [1.54, 1.807) is 25.2 Å². The Morgan fingerprint density at radius 1 is 1.33 bits per heavy atom. The monoisotopic (exact) mass is 389 g/mol. The molecule has 1 N–H and O–H groups in total. The van der Waals surface area contributed by atoms with Crippen LogP contribution >= 0.6 is 11.6 Å². The molecule has 1 amide bonds. The van der Waals surface area contributed by atoms with Gasteiger partial charge in [0.15, 0.2) is 12.3 Å². The molecule has 0 radical (unpaired) electrons. The van der Waals surface area contributed by atoms with E-state index in [1.165, 1.54) is 17.2 Å². The maximum atomic E-state index is 12.3. The molecule has 0 spiro atoms. The molecule has 3 aromatic rings. The third kappa shape index (κ3) is 4.14. The number of esters is 1. The molecular weight excluding hydrogens is 374 g/mol. The molecular formula is C17H16ClN5O4. The van der Waals surface area contributed by atoms with Crippen molar-refractivity contribution in [2.24, 2.45) is 7.05 Å². The summed E-state index contributed by atoms with van der Waals surface area (Å²) in [7, 11) is 1.66. The third-order valence-electron chi connectivity index (χ3n) is 3.78. The van der Waals surface area contributed by atoms with Gasteiger partial charge in [-0.05, 0) is 24.6 Å². The van der Waals surface area contributed by atoms with Crippen LogP contribution in [-0.4, -0.2) is 37.8 Å². The fourth-order valence-corrected chi connectivity index (χ4v) is 2.70. The lowest BCUT2D eigenvalue weighted by molar-refractivity contribution is -0.147. The van der Waals surface area contributed by atoms with Gasteiger partial charge in [0.25, 0.3) is 11.5 Å². The van der Waals surface area contributed by atoms with Gasteiger partial charge in [-0.3, -0.25) is 23.6 Å². The van der Waals surface area contributed by atoms with Crippen molar-refractivity contribution in [1.82, 2.24) is 19.3 Å². The van der Waals surface area contributed by atoms with E-state index in [9.17, 15) is 14.4 Å². The number of nitrogens with one attached hydrogen (secondary N) is 1. The van der Waals surface area contributed by atoms with E-state index in [0.29, 0.717) is 21.7 Å². The molecule has 0 fully saturated rings. The van der Waals surface area contributed by atoms with Crippen LogP contribution in [0.3, 0.4) is 0 Å². The first kappa shape index (κ1) is 18.6. The Balaban J connectivity index is 1.59. The predicted molar refractivity (Wildman–Crippen MR) is 98.5 cm³/mol. The van der Waals surface area contributed by atoms with Crippen LogP contribution < -0.4 is 10.9 Å². The Bertz CT molecular complexity index is 1090. The van der Waals surface area contributed by atoms with Crippen LogP contribution in [0.4, 0.5) is 5.69 Å². The van der Waals surface area contributed by atoms with E-state index in [0.717, 1.165) is 10.1 Å². The fourth-order valence-electron chi connectivity index (χ4n) is 2.42. The van der Waals surface area contributed by atoms with E-state index >= 15 is 0 Å². The van der Waals surface area contributed by atoms with Crippen LogP contribution in [-0.2, 0) is 27.9 Å². The summed E-state index contributed by atoms with van der Waals surface area (Å²) in [6.07, 6.45) is 2.62. The number of ether oxygens (including phenoxy) is 1. The largest absolute Gasteiger partial charge is 0.454 e. The van der Waals surface area contributed by atoms with E-state index in [-0.39, 0.29) is 6.54 Å². The summed E-state index contributed by atoms with van der Waals surface area (Å²) < 4.78 is 7.47. The highest BCUT2D eigenvalue weighted by atomic mass is 35.5. The highest BCUT2D eigenvalue weighted by Gasteiger charge is 2.13. The van der Waals surface area contributed by atoms with Gasteiger partial charge in [-0.1, -0.05) is 17.7 Å². The van der Waals surface area contributed by atoms with Gasteiger partial charge < -0.3 is 10.1 Å². The van der Waals surface area contributed by atoms with Crippen molar-refractivity contribution in [3.05, 3.63) is 51.7 Å². The first-order valence-electron chi connectivity index (χ1n) is 7.94. The van der Waals surface area contributed by atoms with Crippen LogP contribution in [0.2, 0.25) is 5.02 Å². The summed E-state index contributed by atoms with van der Waals surface area (Å²) in [6, 6.07) is 5.16. The Labute approximate surface area is 158 Å². The maximum Gasteiger partial charge on any atom is 0.326 e. The Hall–Kier alpha value is -3.20. The second-order valence-corrected chi connectivity index (χ2v) is 6.28. The number of benzene rings is 1. The second kappa shape index (κ2) is 7.58. The van der Waals surface area contributed by atoms with E-state index < -0.39 is 24.0 Å². The zero-order chi connectivity index (χ0) is 19.6. The Morgan fingerprint density at radius 3 is 2.85 bits per heavy atom. The lowest BCUT2D eigenvalue weighted by Crippen LogP contribution is -2.28. The second-order valence-electron chi connectivity index (χ2n) is 5.88. The number of aryl methyl sites for hydroxylation is 2. The summed E-state index contributed by atoms with van der Waals surface area (Å²) >= 11 is 6.04. The summed E-state index contributed by atoms with van der Waals surface area (Å²) in [5, 5.41) is 7.18. The molecule has 1 aromatic carbocycles. The zero-order valence-electron chi connectivity index (χ0n) is 14.6. The standard InChI is InChI=1S/C17H16ClN5O4/c1-10-3-4-13(12(18)5-10)21-14(24)8-27-15(25)7-23-9-19-16-11(17(23)26)6-20-22(16)2/h3-6,9H,7-8H2,1-2H3,(H,21,24). The van der Waals surface area contributed by atoms with Crippen LogP contribution in [0.5, 0.6) is 0 Å². The smallest absolute Gasteiger partial charge is 0.326 e. The topological polar surface area (TPSA) is 108 Å². The number of halogens is 1. The van der Waals surface area contributed by atoms with Crippen molar-refractivity contribution >= 4 is 40.2 Å². The van der Waals surface area contributed by atoms with Crippen LogP contribution in [0.1, 0.15) is 5.56 Å². The van der Waals surface area contributed by atoms with Crippen molar-refractivity contribution < 1.29 is 14.3 Å². The number of fused-ring (bicyclic) bond motifs is 1. The van der Waals surface area contributed by atoms with Crippen molar-refractivity contribution in [1.29, 1.82) is 0 Å². The maximum absolute atomic E-state index is 12.3. The van der Waals surface area contributed by atoms with E-state index in [4.69, 9.17) is 16.3 Å². The third-order valence-corrected chi connectivity index (χ3v) is 4.09. The minimum Gasteiger partial charge on any atom is -0.454 e. The van der Waals surface area contributed by atoms with Gasteiger partial charge in [-0.2, -0.15) is 5.10 Å². The summed E-state index contributed by atoms with van der Waals surface area (Å²) in [6.45, 7) is 1.01. The van der Waals surface area contributed by atoms with Crippen molar-refractivity contribution in [2.75, 3.05) is 11.9 Å². The minimum absolute atomic E-state index is 0.291. The number of amides is 1. The normalized spacial score (nSPS) is 10.8. The predicted octanol–water partition coefficient (Wildman–Crippen LogP) is 1.27. The van der Waals surface area contributed by atoms with Crippen molar-refractivity contribution in [3.8, 4) is 0 Å². The van der Waals surface area contributed by atoms with Gasteiger partial charge in [-0.25, -0.2) is 4.98 Å². The summed E-state index contributed by atoms with van der Waals surface area (Å²) in [5.74, 6) is -1.28. The quantitative estimate of drug-likeness (QED) is 0.658. The molecule has 27 heavy (non-hydrogen) atoms. The SMILES string of the molecule is Cc1ccc(NC(=O)COC(=O)Cn2cnc3c(cnn3C)c2=O)c(Cl)c1. The molecule has 10 heteroatoms. The minimum atomic E-state index is -0.743. The Morgan fingerprint density at radius 2 is 2.11 bits per heavy atom. The molecule has 0 aliphatic carbocycles. The van der Waals surface area contributed by atoms with Crippen LogP contribution in [0, 0.1) is 6.92 Å². The van der Waals surface area contributed by atoms with Gasteiger partial charge in [0.05, 0.1) is 16.9 Å². The zero-order valence-corrected chi connectivity index (χ0v) is 15.4. The highest BCUT2D eigenvalue weighted by molar-refractivity contribution is 6.33. The molecule has 0 saturated heterocycles. The number of hydrogen-bond acceptors (Lipinski definition) is 6. The lowest BCUT2D eigenvalue weighted by Gasteiger charge is -2.09. The Kier molecular flexibility index (Phi) is 5.22. The molecule has 0 aliphatic heterocycles. The summed E-state index contributed by atoms with van der Waals surface area (Å²) in [5.41, 5.74) is 1.37. The lowest BCUT2D eigenvalue weighted by atomic mass is 10.2. The summed E-state index contributed by atoms with van der Waals surface area (Å²) in [4.78, 5) is 40.2. The van der Waals surface area contributed by atoms with Crippen LogP contribution in [0.15, 0.2) is 35.5 Å². The molecule has 0 bridgehead atoms. The number of hydrogen-bond donors (Lipinski definition) is 1. The van der Waals surface area contributed by atoms with Crippen LogP contribution in [0.25, 0.3) is 11.0 Å². The molecule has 140 valence electrons. The van der Waals surface area contributed by atoms with Gasteiger partial charge in [-0.15, -0.1) is 0 Å². The van der Waals surface area contributed by atoms with Gasteiger partial charge in [0, 0.05) is 7.05 Å². The number of anilines is 1. The van der Waals surface area contributed by atoms with E-state index in [1.807, 2.05) is 6.92 Å². The number of nitrogens with zero attached hydrogens (tertiary/aromatic N) is 4. The first-order chi connectivity index (χ1) is 12.8. The number of carbonyl (C=O) groups excluding carboxylic acids is 2. The molecule has 2 heterocycles. The fraction of sp³-hybridized carbons (Fsp3) is 0.235. The molecule has 0 unspecified atom stereocenters. The van der Waals surface area contributed by atoms with Gasteiger partial charge in [0.1, 0.15) is 18.3 Å².